The lowest BCUT2D eigenvalue weighted by atomic mass is 10.1. The van der Waals surface area contributed by atoms with Gasteiger partial charge in [-0.3, -0.25) is 4.79 Å². The number of rotatable bonds is 4. The van der Waals surface area contributed by atoms with Crippen LogP contribution in [0.4, 0.5) is 0 Å². The zero-order valence-corrected chi connectivity index (χ0v) is 10.7. The number of halogens is 1. The second kappa shape index (κ2) is 6.20. The van der Waals surface area contributed by atoms with Crippen molar-refractivity contribution in [3.63, 3.8) is 0 Å². The highest BCUT2D eigenvalue weighted by Crippen LogP contribution is 2.15. The number of aliphatic hydroxyl groups excluding tert-OH is 1. The normalized spacial score (nSPS) is 11.1. The van der Waals surface area contributed by atoms with E-state index >= 15 is 0 Å². The zero-order valence-electron chi connectivity index (χ0n) is 9.14. The van der Waals surface area contributed by atoms with Crippen molar-refractivity contribution in [1.29, 1.82) is 0 Å². The number of benzene rings is 1. The van der Waals surface area contributed by atoms with Crippen LogP contribution in [0.25, 0.3) is 5.76 Å². The first-order valence-corrected chi connectivity index (χ1v) is 5.71. The van der Waals surface area contributed by atoms with Crippen molar-refractivity contribution in [2.45, 2.75) is 6.92 Å². The van der Waals surface area contributed by atoms with Gasteiger partial charge < -0.3 is 9.84 Å². The third kappa shape index (κ3) is 4.03. The van der Waals surface area contributed by atoms with Gasteiger partial charge in [-0.25, -0.2) is 4.79 Å². The molecule has 4 nitrogen and oxygen atoms in total. The number of hydrogen-bond acceptors (Lipinski definition) is 4. The van der Waals surface area contributed by atoms with Gasteiger partial charge in [0, 0.05) is 16.1 Å². The summed E-state index contributed by atoms with van der Waals surface area (Å²) in [6.45, 7) is 1.72. The Morgan fingerprint density at radius 2 is 1.94 bits per heavy atom. The third-order valence-corrected chi connectivity index (χ3v) is 2.41. The summed E-state index contributed by atoms with van der Waals surface area (Å²) in [6.07, 6.45) is 0.848. The summed E-state index contributed by atoms with van der Waals surface area (Å²) in [6, 6.07) is 6.67. The molecule has 0 unspecified atom stereocenters. The van der Waals surface area contributed by atoms with E-state index in [9.17, 15) is 14.7 Å². The van der Waals surface area contributed by atoms with E-state index in [1.807, 2.05) is 0 Å². The molecule has 0 aromatic heterocycles. The first kappa shape index (κ1) is 13.4. The van der Waals surface area contributed by atoms with Gasteiger partial charge in [-0.2, -0.15) is 0 Å². The molecule has 0 atom stereocenters. The van der Waals surface area contributed by atoms with Gasteiger partial charge in [0.15, 0.2) is 0 Å². The number of hydrogen-bond donors (Lipinski definition) is 1. The van der Waals surface area contributed by atoms with Crippen molar-refractivity contribution in [2.75, 3.05) is 6.61 Å². The average Bonchev–Trinajstić information content (AvgIpc) is 2.30. The first-order chi connectivity index (χ1) is 8.04. The summed E-state index contributed by atoms with van der Waals surface area (Å²) < 4.78 is 5.36. The fourth-order valence-electron chi connectivity index (χ4n) is 1.09. The molecule has 0 spiro atoms. The standard InChI is InChI=1S/C12H11BrO4/c1-2-17-12(16)11(15)7-10(14)8-3-5-9(13)6-4-8/h3-7,14H,2H2,1H3. The Labute approximate surface area is 107 Å². The van der Waals surface area contributed by atoms with E-state index in [1.165, 1.54) is 0 Å². The molecule has 1 aromatic carbocycles. The first-order valence-electron chi connectivity index (χ1n) is 4.92. The SMILES string of the molecule is CCOC(=O)C(=O)C=C(O)c1ccc(Br)cc1. The van der Waals surface area contributed by atoms with E-state index in [2.05, 4.69) is 20.7 Å². The second-order valence-corrected chi connectivity index (χ2v) is 4.04. The number of ketones is 1. The minimum Gasteiger partial charge on any atom is -0.507 e. The van der Waals surface area contributed by atoms with Crippen LogP contribution in [0.1, 0.15) is 12.5 Å². The molecule has 0 saturated heterocycles. The topological polar surface area (TPSA) is 63.6 Å². The van der Waals surface area contributed by atoms with Crippen LogP contribution >= 0.6 is 15.9 Å². The fraction of sp³-hybridized carbons (Fsp3) is 0.167. The van der Waals surface area contributed by atoms with Gasteiger partial charge in [-0.05, 0) is 19.1 Å². The monoisotopic (exact) mass is 298 g/mol. The Morgan fingerprint density at radius 3 is 2.47 bits per heavy atom. The maximum atomic E-state index is 11.3. The van der Waals surface area contributed by atoms with Gasteiger partial charge in [0.2, 0.25) is 0 Å². The van der Waals surface area contributed by atoms with Crippen LogP contribution in [0.15, 0.2) is 34.8 Å². The van der Waals surface area contributed by atoms with E-state index < -0.39 is 11.8 Å². The zero-order chi connectivity index (χ0) is 12.8. The summed E-state index contributed by atoms with van der Waals surface area (Å²) in [4.78, 5) is 22.3. The molecule has 0 heterocycles. The van der Waals surface area contributed by atoms with Crippen LogP contribution in [0.2, 0.25) is 0 Å². The summed E-state index contributed by atoms with van der Waals surface area (Å²) in [5, 5.41) is 9.62. The smallest absolute Gasteiger partial charge is 0.379 e. The molecule has 0 aliphatic heterocycles. The lowest BCUT2D eigenvalue weighted by Gasteiger charge is -2.00. The van der Waals surface area contributed by atoms with Gasteiger partial charge in [-0.15, -0.1) is 0 Å². The van der Waals surface area contributed by atoms with Crippen LogP contribution in [0.5, 0.6) is 0 Å². The molecular weight excluding hydrogens is 288 g/mol. The van der Waals surface area contributed by atoms with Gasteiger partial charge in [0.25, 0.3) is 5.78 Å². The number of esters is 1. The fourth-order valence-corrected chi connectivity index (χ4v) is 1.35. The van der Waals surface area contributed by atoms with Crippen molar-refractivity contribution in [3.8, 4) is 0 Å². The molecule has 0 aliphatic rings. The highest BCUT2D eigenvalue weighted by molar-refractivity contribution is 9.10. The number of carbonyl (C=O) groups is 2. The minimum atomic E-state index is -0.976. The van der Waals surface area contributed by atoms with E-state index in [-0.39, 0.29) is 12.4 Å². The molecule has 1 aromatic rings. The minimum absolute atomic E-state index is 0.122. The van der Waals surface area contributed by atoms with Crippen molar-refractivity contribution in [3.05, 3.63) is 40.4 Å². The lowest BCUT2D eigenvalue weighted by Crippen LogP contribution is -2.15. The van der Waals surface area contributed by atoms with Gasteiger partial charge >= 0.3 is 5.97 Å². The third-order valence-electron chi connectivity index (χ3n) is 1.88. The van der Waals surface area contributed by atoms with E-state index in [0.29, 0.717) is 5.56 Å². The maximum Gasteiger partial charge on any atom is 0.379 e. The van der Waals surface area contributed by atoms with Gasteiger partial charge in [-0.1, -0.05) is 28.1 Å². The molecule has 17 heavy (non-hydrogen) atoms. The Balaban J connectivity index is 2.82. The van der Waals surface area contributed by atoms with Crippen molar-refractivity contribution in [1.82, 2.24) is 0 Å². The Bertz CT molecular complexity index is 448. The van der Waals surface area contributed by atoms with Gasteiger partial charge in [0.05, 0.1) is 6.61 Å². The van der Waals surface area contributed by atoms with Crippen molar-refractivity contribution in [2.24, 2.45) is 0 Å². The number of carbonyl (C=O) groups excluding carboxylic acids is 2. The van der Waals surface area contributed by atoms with E-state index in [1.54, 1.807) is 31.2 Å². The molecule has 0 fully saturated rings. The predicted octanol–water partition coefficient (Wildman–Crippen LogP) is 2.48. The van der Waals surface area contributed by atoms with E-state index in [4.69, 9.17) is 0 Å². The van der Waals surface area contributed by atoms with Gasteiger partial charge in [0.1, 0.15) is 5.76 Å². The van der Waals surface area contributed by atoms with Crippen LogP contribution in [0.3, 0.4) is 0 Å². The summed E-state index contributed by atoms with van der Waals surface area (Å²) in [5.74, 6) is -2.13. The molecule has 0 saturated carbocycles. The summed E-state index contributed by atoms with van der Waals surface area (Å²) in [5.41, 5.74) is 0.450. The maximum absolute atomic E-state index is 11.3. The Hall–Kier alpha value is -1.62. The molecule has 0 aliphatic carbocycles. The van der Waals surface area contributed by atoms with Crippen LogP contribution < -0.4 is 0 Å². The van der Waals surface area contributed by atoms with Crippen molar-refractivity contribution >= 4 is 33.4 Å². The second-order valence-electron chi connectivity index (χ2n) is 3.12. The molecule has 1 N–H and O–H groups in total. The molecule has 0 amide bonds. The lowest BCUT2D eigenvalue weighted by molar-refractivity contribution is -0.151. The molecule has 1 rings (SSSR count). The quantitative estimate of drug-likeness (QED) is 0.401. The van der Waals surface area contributed by atoms with E-state index in [0.717, 1.165) is 10.5 Å². The summed E-state index contributed by atoms with van der Waals surface area (Å²) >= 11 is 3.25. The molecular formula is C12H11BrO4. The molecule has 0 bridgehead atoms. The predicted molar refractivity (Wildman–Crippen MR) is 66.4 cm³/mol. The largest absolute Gasteiger partial charge is 0.507 e. The number of aliphatic hydroxyl groups is 1. The number of ether oxygens (including phenoxy) is 1. The average molecular weight is 299 g/mol. The highest BCUT2D eigenvalue weighted by atomic mass is 79.9. The Morgan fingerprint density at radius 1 is 1.35 bits per heavy atom. The summed E-state index contributed by atoms with van der Waals surface area (Å²) in [7, 11) is 0. The van der Waals surface area contributed by atoms with Crippen molar-refractivity contribution < 1.29 is 19.4 Å². The highest BCUT2D eigenvalue weighted by Gasteiger charge is 2.13. The van der Waals surface area contributed by atoms with Crippen LogP contribution in [-0.4, -0.2) is 23.5 Å². The Kier molecular flexibility index (Phi) is 4.90. The van der Waals surface area contributed by atoms with Crippen LogP contribution in [0, 0.1) is 0 Å². The van der Waals surface area contributed by atoms with Crippen LogP contribution in [-0.2, 0) is 14.3 Å². The molecule has 5 heteroatoms. The molecule has 90 valence electrons. The molecule has 0 radical (unpaired) electrons.